The summed E-state index contributed by atoms with van der Waals surface area (Å²) in [5, 5.41) is 21.0. The third kappa shape index (κ3) is 3.32. The molecule has 0 saturated heterocycles. The zero-order valence-electron chi connectivity index (χ0n) is 11.2. The monoisotopic (exact) mass is 291 g/mol. The van der Waals surface area contributed by atoms with E-state index in [2.05, 4.69) is 20.6 Å². The second-order valence-corrected chi connectivity index (χ2v) is 4.21. The second kappa shape index (κ2) is 5.99. The highest BCUT2D eigenvalue weighted by Crippen LogP contribution is 2.06. The molecule has 0 unspecified atom stereocenters. The SMILES string of the molecule is CCCn1nc(C(=O)Nc2cc(C(=O)O)[nH]n2)ccc1=O. The lowest BCUT2D eigenvalue weighted by atomic mass is 10.3. The highest BCUT2D eigenvalue weighted by atomic mass is 16.4. The van der Waals surface area contributed by atoms with Gasteiger partial charge in [0.25, 0.3) is 11.5 Å². The van der Waals surface area contributed by atoms with Crippen LogP contribution in [-0.4, -0.2) is 37.0 Å². The highest BCUT2D eigenvalue weighted by Gasteiger charge is 2.13. The molecule has 2 heterocycles. The summed E-state index contributed by atoms with van der Waals surface area (Å²) in [6.45, 7) is 2.30. The molecule has 1 amide bonds. The number of carbonyl (C=O) groups is 2. The zero-order chi connectivity index (χ0) is 15.4. The van der Waals surface area contributed by atoms with E-state index in [0.717, 1.165) is 0 Å². The van der Waals surface area contributed by atoms with Crippen LogP contribution in [0.5, 0.6) is 0 Å². The molecule has 9 nitrogen and oxygen atoms in total. The number of carboxylic acids is 1. The third-order valence-corrected chi connectivity index (χ3v) is 2.58. The summed E-state index contributed by atoms with van der Waals surface area (Å²) in [5.41, 5.74) is -0.390. The first-order chi connectivity index (χ1) is 10.0. The number of carboxylic acid groups (broad SMARTS) is 1. The smallest absolute Gasteiger partial charge is 0.353 e. The van der Waals surface area contributed by atoms with Crippen LogP contribution in [0, 0.1) is 0 Å². The van der Waals surface area contributed by atoms with E-state index in [1.807, 2.05) is 6.92 Å². The third-order valence-electron chi connectivity index (χ3n) is 2.58. The molecule has 0 bridgehead atoms. The number of aromatic carboxylic acids is 1. The number of anilines is 1. The molecule has 2 aromatic rings. The van der Waals surface area contributed by atoms with Crippen molar-refractivity contribution in [1.29, 1.82) is 0 Å². The molecule has 2 rings (SSSR count). The van der Waals surface area contributed by atoms with Gasteiger partial charge in [0.05, 0.1) is 0 Å². The Morgan fingerprint density at radius 1 is 1.43 bits per heavy atom. The minimum absolute atomic E-state index is 0.0444. The van der Waals surface area contributed by atoms with Crippen LogP contribution in [0.3, 0.4) is 0 Å². The number of aromatic amines is 1. The average Bonchev–Trinajstić information content (AvgIpc) is 2.90. The molecule has 0 spiro atoms. The summed E-state index contributed by atoms with van der Waals surface area (Å²) in [6, 6.07) is 3.74. The minimum atomic E-state index is -1.18. The Labute approximate surface area is 118 Å². The maximum atomic E-state index is 12.0. The molecule has 110 valence electrons. The Bertz CT molecular complexity index is 733. The summed E-state index contributed by atoms with van der Waals surface area (Å²) in [7, 11) is 0. The van der Waals surface area contributed by atoms with E-state index in [1.54, 1.807) is 0 Å². The van der Waals surface area contributed by atoms with E-state index in [4.69, 9.17) is 5.11 Å². The highest BCUT2D eigenvalue weighted by molar-refractivity contribution is 6.02. The van der Waals surface area contributed by atoms with E-state index in [-0.39, 0.29) is 22.8 Å². The van der Waals surface area contributed by atoms with E-state index < -0.39 is 11.9 Å². The van der Waals surface area contributed by atoms with E-state index >= 15 is 0 Å². The summed E-state index contributed by atoms with van der Waals surface area (Å²) in [6.07, 6.45) is 0.708. The maximum absolute atomic E-state index is 12.0. The van der Waals surface area contributed by atoms with Gasteiger partial charge in [-0.15, -0.1) is 0 Å². The van der Waals surface area contributed by atoms with Crippen molar-refractivity contribution in [2.24, 2.45) is 0 Å². The van der Waals surface area contributed by atoms with Gasteiger partial charge in [-0.3, -0.25) is 14.7 Å². The topological polar surface area (TPSA) is 130 Å². The molecule has 9 heteroatoms. The summed E-state index contributed by atoms with van der Waals surface area (Å²) in [5.74, 6) is -1.70. The normalized spacial score (nSPS) is 10.3. The van der Waals surface area contributed by atoms with Gasteiger partial charge in [0, 0.05) is 18.7 Å². The average molecular weight is 291 g/mol. The van der Waals surface area contributed by atoms with E-state index in [9.17, 15) is 14.4 Å². The van der Waals surface area contributed by atoms with Crippen molar-refractivity contribution < 1.29 is 14.7 Å². The van der Waals surface area contributed by atoms with Crippen molar-refractivity contribution in [1.82, 2.24) is 20.0 Å². The van der Waals surface area contributed by atoms with Gasteiger partial charge in [-0.2, -0.15) is 10.2 Å². The van der Waals surface area contributed by atoms with Gasteiger partial charge in [-0.05, 0) is 12.5 Å². The fraction of sp³-hybridized carbons (Fsp3) is 0.250. The second-order valence-electron chi connectivity index (χ2n) is 4.21. The van der Waals surface area contributed by atoms with Crippen LogP contribution in [0.4, 0.5) is 5.82 Å². The molecule has 0 saturated carbocycles. The van der Waals surface area contributed by atoms with Crippen molar-refractivity contribution >= 4 is 17.7 Å². The number of aryl methyl sites for hydroxylation is 1. The predicted molar refractivity (Wildman–Crippen MR) is 72.3 cm³/mol. The molecule has 2 aromatic heterocycles. The van der Waals surface area contributed by atoms with Gasteiger partial charge in [-0.1, -0.05) is 6.92 Å². The van der Waals surface area contributed by atoms with Crippen LogP contribution < -0.4 is 10.9 Å². The Hall–Kier alpha value is -2.97. The van der Waals surface area contributed by atoms with Crippen LogP contribution in [-0.2, 0) is 6.54 Å². The molecule has 0 aliphatic rings. The predicted octanol–water partition coefficient (Wildman–Crippen LogP) is 0.327. The first-order valence-corrected chi connectivity index (χ1v) is 6.19. The molecule has 21 heavy (non-hydrogen) atoms. The van der Waals surface area contributed by atoms with Gasteiger partial charge < -0.3 is 10.4 Å². The molecule has 0 fully saturated rings. The van der Waals surface area contributed by atoms with Crippen LogP contribution in [0.15, 0.2) is 23.0 Å². The molecule has 0 radical (unpaired) electrons. The van der Waals surface area contributed by atoms with Gasteiger partial charge in [0.1, 0.15) is 11.4 Å². The van der Waals surface area contributed by atoms with Crippen LogP contribution >= 0.6 is 0 Å². The van der Waals surface area contributed by atoms with E-state index in [0.29, 0.717) is 13.0 Å². The summed E-state index contributed by atoms with van der Waals surface area (Å²) >= 11 is 0. The van der Waals surface area contributed by atoms with Crippen molar-refractivity contribution in [2.45, 2.75) is 19.9 Å². The minimum Gasteiger partial charge on any atom is -0.477 e. The van der Waals surface area contributed by atoms with Gasteiger partial charge in [0.2, 0.25) is 0 Å². The zero-order valence-corrected chi connectivity index (χ0v) is 11.2. The standard InChI is InChI=1S/C12H13N5O4/c1-2-5-17-10(18)4-3-7(16-17)11(19)13-9-6-8(12(20)21)14-15-9/h3-4,6H,2,5H2,1H3,(H,20,21)(H2,13,14,15,19). The number of carbonyl (C=O) groups excluding carboxylic acids is 1. The van der Waals surface area contributed by atoms with Gasteiger partial charge in [0.15, 0.2) is 5.82 Å². The molecule has 0 atom stereocenters. The Kier molecular flexibility index (Phi) is 4.12. The first kappa shape index (κ1) is 14.4. The molecule has 0 aromatic carbocycles. The lowest BCUT2D eigenvalue weighted by molar-refractivity contribution is 0.0690. The maximum Gasteiger partial charge on any atom is 0.353 e. The number of nitrogens with zero attached hydrogens (tertiary/aromatic N) is 3. The van der Waals surface area contributed by atoms with Crippen molar-refractivity contribution in [3.05, 3.63) is 39.9 Å². The number of H-pyrrole nitrogens is 1. The van der Waals surface area contributed by atoms with Crippen molar-refractivity contribution in [3.8, 4) is 0 Å². The summed E-state index contributed by atoms with van der Waals surface area (Å²) < 4.78 is 1.20. The molecular weight excluding hydrogens is 278 g/mol. The van der Waals surface area contributed by atoms with Gasteiger partial charge >= 0.3 is 5.97 Å². The first-order valence-electron chi connectivity index (χ1n) is 6.19. The number of nitrogens with one attached hydrogen (secondary N) is 2. The fourth-order valence-corrected chi connectivity index (χ4v) is 1.62. The Balaban J connectivity index is 2.17. The van der Waals surface area contributed by atoms with E-state index in [1.165, 1.54) is 22.9 Å². The molecule has 0 aliphatic carbocycles. The van der Waals surface area contributed by atoms with Crippen molar-refractivity contribution in [2.75, 3.05) is 5.32 Å². The van der Waals surface area contributed by atoms with Crippen LogP contribution in [0.1, 0.15) is 34.3 Å². The number of hydrogen-bond donors (Lipinski definition) is 3. The Morgan fingerprint density at radius 3 is 2.81 bits per heavy atom. The number of amides is 1. The molecular formula is C12H13N5O4. The molecule has 3 N–H and O–H groups in total. The van der Waals surface area contributed by atoms with Crippen LogP contribution in [0.2, 0.25) is 0 Å². The van der Waals surface area contributed by atoms with Crippen LogP contribution in [0.25, 0.3) is 0 Å². The Morgan fingerprint density at radius 2 is 2.19 bits per heavy atom. The summed E-state index contributed by atoms with van der Waals surface area (Å²) in [4.78, 5) is 34.2. The lowest BCUT2D eigenvalue weighted by Crippen LogP contribution is -2.26. The lowest BCUT2D eigenvalue weighted by Gasteiger charge is -2.05. The van der Waals surface area contributed by atoms with Crippen molar-refractivity contribution in [3.63, 3.8) is 0 Å². The number of rotatable bonds is 5. The fourth-order valence-electron chi connectivity index (χ4n) is 1.62. The number of hydrogen-bond acceptors (Lipinski definition) is 5. The number of aromatic nitrogens is 4. The van der Waals surface area contributed by atoms with Gasteiger partial charge in [-0.25, -0.2) is 9.48 Å². The quantitative estimate of drug-likeness (QED) is 0.727. The largest absolute Gasteiger partial charge is 0.477 e. The molecule has 0 aliphatic heterocycles.